The number of rotatable bonds is 8. The smallest absolute Gasteiger partial charge is 0.320 e. The van der Waals surface area contributed by atoms with Crippen LogP contribution < -0.4 is 14.8 Å². The van der Waals surface area contributed by atoms with Crippen LogP contribution in [0.1, 0.15) is 6.42 Å². The van der Waals surface area contributed by atoms with Crippen LogP contribution >= 0.6 is 11.6 Å². The Morgan fingerprint density at radius 3 is 2.94 bits per heavy atom. The van der Waals surface area contributed by atoms with E-state index in [2.05, 4.69) is 25.1 Å². The van der Waals surface area contributed by atoms with Gasteiger partial charge in [0.15, 0.2) is 11.5 Å². The zero-order chi connectivity index (χ0) is 25.1. The maximum absolute atomic E-state index is 13.5. The average molecular weight is 516 g/mol. The third-order valence-electron chi connectivity index (χ3n) is 6.44. The molecule has 0 amide bonds. The SMILES string of the molecule is COc1cc2ncnc(Nc3ccc(F)c(Cl)c3)c2cc1OCCCN1CCN2CC(=O)OCC2C1. The molecule has 0 radical (unpaired) electrons. The molecule has 1 atom stereocenters. The van der Waals surface area contributed by atoms with Crippen LogP contribution in [0.15, 0.2) is 36.7 Å². The number of morpholine rings is 1. The number of hydrogen-bond donors (Lipinski definition) is 1. The first-order valence-electron chi connectivity index (χ1n) is 11.8. The second-order valence-corrected chi connectivity index (χ2v) is 9.21. The van der Waals surface area contributed by atoms with E-state index in [1.54, 1.807) is 19.2 Å². The number of nitrogens with zero attached hydrogens (tertiary/aromatic N) is 4. The van der Waals surface area contributed by atoms with E-state index >= 15 is 0 Å². The summed E-state index contributed by atoms with van der Waals surface area (Å²) in [6.07, 6.45) is 2.28. The van der Waals surface area contributed by atoms with Gasteiger partial charge in [-0.1, -0.05) is 11.6 Å². The predicted octanol–water partition coefficient (Wildman–Crippen LogP) is 3.49. The van der Waals surface area contributed by atoms with Crippen molar-refractivity contribution in [1.82, 2.24) is 19.8 Å². The standard InChI is InChI=1S/C25H27ClFN5O4/c1-34-22-11-21-18(25(29-15-28-21)30-16-3-4-20(27)19(26)9-16)10-23(22)35-8-2-5-31-6-7-32-13-24(33)36-14-17(32)12-31/h3-4,9-11,15,17H,2,5-8,12-14H2,1H3,(H,28,29,30). The number of hydrogen-bond acceptors (Lipinski definition) is 9. The molecule has 5 rings (SSSR count). The first-order valence-corrected chi connectivity index (χ1v) is 12.2. The molecule has 1 aromatic heterocycles. The summed E-state index contributed by atoms with van der Waals surface area (Å²) in [5, 5.41) is 3.93. The fourth-order valence-electron chi connectivity index (χ4n) is 4.54. The number of aromatic nitrogens is 2. The van der Waals surface area contributed by atoms with Crippen molar-refractivity contribution in [1.29, 1.82) is 0 Å². The van der Waals surface area contributed by atoms with E-state index in [1.165, 1.54) is 18.5 Å². The number of cyclic esters (lactones) is 1. The summed E-state index contributed by atoms with van der Waals surface area (Å²) in [5.74, 6) is 1.08. The van der Waals surface area contributed by atoms with E-state index < -0.39 is 5.82 Å². The molecule has 11 heteroatoms. The van der Waals surface area contributed by atoms with Crippen molar-refractivity contribution in [2.45, 2.75) is 12.5 Å². The van der Waals surface area contributed by atoms with Gasteiger partial charge >= 0.3 is 5.97 Å². The van der Waals surface area contributed by atoms with Gasteiger partial charge in [0, 0.05) is 43.3 Å². The van der Waals surface area contributed by atoms with Gasteiger partial charge in [0.2, 0.25) is 0 Å². The number of carbonyl (C=O) groups is 1. The summed E-state index contributed by atoms with van der Waals surface area (Å²) in [7, 11) is 1.59. The first kappa shape index (κ1) is 24.5. The number of fused-ring (bicyclic) bond motifs is 2. The molecule has 2 fully saturated rings. The minimum Gasteiger partial charge on any atom is -0.493 e. The lowest BCUT2D eigenvalue weighted by Gasteiger charge is -2.42. The highest BCUT2D eigenvalue weighted by atomic mass is 35.5. The van der Waals surface area contributed by atoms with Gasteiger partial charge in [0.05, 0.1) is 36.8 Å². The summed E-state index contributed by atoms with van der Waals surface area (Å²) in [6, 6.07) is 8.30. The largest absolute Gasteiger partial charge is 0.493 e. The molecule has 1 N–H and O–H groups in total. The van der Waals surface area contributed by atoms with Gasteiger partial charge in [-0.25, -0.2) is 14.4 Å². The van der Waals surface area contributed by atoms with Crippen LogP contribution in [0.4, 0.5) is 15.9 Å². The van der Waals surface area contributed by atoms with Crippen molar-refractivity contribution in [2.24, 2.45) is 0 Å². The number of nitrogens with one attached hydrogen (secondary N) is 1. The van der Waals surface area contributed by atoms with E-state index in [0.717, 1.165) is 38.0 Å². The molecule has 2 aliphatic heterocycles. The van der Waals surface area contributed by atoms with Crippen molar-refractivity contribution in [3.63, 3.8) is 0 Å². The molecule has 3 heterocycles. The number of methoxy groups -OCH3 is 1. The lowest BCUT2D eigenvalue weighted by Crippen LogP contribution is -2.59. The van der Waals surface area contributed by atoms with Gasteiger partial charge in [0.25, 0.3) is 0 Å². The molecule has 2 saturated heterocycles. The van der Waals surface area contributed by atoms with Crippen LogP contribution in [0, 0.1) is 5.82 Å². The lowest BCUT2D eigenvalue weighted by atomic mass is 10.1. The Labute approximate surface area is 213 Å². The van der Waals surface area contributed by atoms with Crippen LogP contribution in [0.2, 0.25) is 5.02 Å². The van der Waals surface area contributed by atoms with Crippen molar-refractivity contribution in [3.05, 3.63) is 47.5 Å². The average Bonchev–Trinajstić information content (AvgIpc) is 2.88. The topological polar surface area (TPSA) is 89.1 Å². The number of ether oxygens (including phenoxy) is 3. The van der Waals surface area contributed by atoms with Gasteiger partial charge in [-0.2, -0.15) is 0 Å². The molecule has 0 saturated carbocycles. The predicted molar refractivity (Wildman–Crippen MR) is 134 cm³/mol. The Morgan fingerprint density at radius 1 is 1.22 bits per heavy atom. The number of piperazine rings is 1. The Kier molecular flexibility index (Phi) is 7.35. The molecule has 1 unspecified atom stereocenters. The Hall–Kier alpha value is -3.21. The highest BCUT2D eigenvalue weighted by Crippen LogP contribution is 2.35. The van der Waals surface area contributed by atoms with E-state index in [-0.39, 0.29) is 17.0 Å². The molecule has 2 aromatic carbocycles. The maximum Gasteiger partial charge on any atom is 0.320 e. The molecule has 9 nitrogen and oxygen atoms in total. The summed E-state index contributed by atoms with van der Waals surface area (Å²) in [6.45, 7) is 4.91. The third-order valence-corrected chi connectivity index (χ3v) is 6.73. The third kappa shape index (κ3) is 5.45. The van der Waals surface area contributed by atoms with Gasteiger partial charge < -0.3 is 24.4 Å². The number of carbonyl (C=O) groups excluding carboxylic acids is 1. The van der Waals surface area contributed by atoms with E-state index in [0.29, 0.717) is 48.3 Å². The Morgan fingerprint density at radius 2 is 2.11 bits per heavy atom. The molecule has 2 aliphatic rings. The maximum atomic E-state index is 13.5. The Bertz CT molecular complexity index is 1260. The van der Waals surface area contributed by atoms with Crippen molar-refractivity contribution in [3.8, 4) is 11.5 Å². The van der Waals surface area contributed by atoms with E-state index in [1.807, 2.05) is 6.07 Å². The zero-order valence-electron chi connectivity index (χ0n) is 19.9. The van der Waals surface area contributed by atoms with Crippen LogP contribution in [0.25, 0.3) is 10.9 Å². The minimum atomic E-state index is -0.487. The number of anilines is 2. The lowest BCUT2D eigenvalue weighted by molar-refractivity contribution is -0.157. The summed E-state index contributed by atoms with van der Waals surface area (Å²) in [4.78, 5) is 24.8. The van der Waals surface area contributed by atoms with Gasteiger partial charge in [-0.05, 0) is 30.7 Å². The summed E-state index contributed by atoms with van der Waals surface area (Å²) in [5.41, 5.74) is 1.28. The van der Waals surface area contributed by atoms with Crippen LogP contribution in [-0.4, -0.2) is 84.8 Å². The molecule has 0 aliphatic carbocycles. The molecule has 0 spiro atoms. The summed E-state index contributed by atoms with van der Waals surface area (Å²) >= 11 is 5.92. The molecular formula is C25H27ClFN5O4. The second-order valence-electron chi connectivity index (χ2n) is 8.81. The highest BCUT2D eigenvalue weighted by molar-refractivity contribution is 6.31. The monoisotopic (exact) mass is 515 g/mol. The zero-order valence-corrected chi connectivity index (χ0v) is 20.6. The summed E-state index contributed by atoms with van der Waals surface area (Å²) < 4.78 is 30.4. The van der Waals surface area contributed by atoms with E-state index in [4.69, 9.17) is 25.8 Å². The number of esters is 1. The fourth-order valence-corrected chi connectivity index (χ4v) is 4.72. The molecular weight excluding hydrogens is 489 g/mol. The quantitative estimate of drug-likeness (QED) is 0.357. The van der Waals surface area contributed by atoms with Crippen LogP contribution in [-0.2, 0) is 9.53 Å². The van der Waals surface area contributed by atoms with Gasteiger partial charge in [0.1, 0.15) is 24.6 Å². The second kappa shape index (κ2) is 10.8. The van der Waals surface area contributed by atoms with Gasteiger partial charge in [-0.15, -0.1) is 0 Å². The molecule has 0 bridgehead atoms. The first-order chi connectivity index (χ1) is 17.5. The number of halogens is 2. The van der Waals surface area contributed by atoms with E-state index in [9.17, 15) is 9.18 Å². The molecule has 36 heavy (non-hydrogen) atoms. The van der Waals surface area contributed by atoms with Crippen molar-refractivity contribution in [2.75, 3.05) is 58.4 Å². The van der Waals surface area contributed by atoms with Crippen LogP contribution in [0.3, 0.4) is 0 Å². The van der Waals surface area contributed by atoms with Crippen molar-refractivity contribution < 1.29 is 23.4 Å². The van der Waals surface area contributed by atoms with Gasteiger partial charge in [-0.3, -0.25) is 9.69 Å². The molecule has 190 valence electrons. The Balaban J connectivity index is 1.23. The highest BCUT2D eigenvalue weighted by Gasteiger charge is 2.32. The normalized spacial score (nSPS) is 18.5. The minimum absolute atomic E-state index is 0.0231. The number of benzene rings is 2. The van der Waals surface area contributed by atoms with Crippen LogP contribution in [0.5, 0.6) is 11.5 Å². The molecule has 3 aromatic rings. The fraction of sp³-hybridized carbons (Fsp3) is 0.400. The van der Waals surface area contributed by atoms with Crippen molar-refractivity contribution >= 4 is 40.0 Å².